The molecule has 0 atom stereocenters. The van der Waals surface area contributed by atoms with E-state index in [2.05, 4.69) is 25.1 Å². The predicted molar refractivity (Wildman–Crippen MR) is 86.6 cm³/mol. The van der Waals surface area contributed by atoms with Crippen LogP contribution < -0.4 is 9.47 Å². The van der Waals surface area contributed by atoms with Gasteiger partial charge in [-0.3, -0.25) is 4.79 Å². The molecule has 0 unspecified atom stereocenters. The highest BCUT2D eigenvalue weighted by atomic mass is 16.7. The molecule has 0 N–H and O–H groups in total. The van der Waals surface area contributed by atoms with Gasteiger partial charge < -0.3 is 14.4 Å². The number of fused-ring (bicyclic) bond motifs is 1. The fourth-order valence-corrected chi connectivity index (χ4v) is 3.01. The van der Waals surface area contributed by atoms with Crippen molar-refractivity contribution in [3.05, 3.63) is 59.2 Å². The van der Waals surface area contributed by atoms with Crippen LogP contribution >= 0.6 is 0 Å². The van der Waals surface area contributed by atoms with Crippen LogP contribution in [0.25, 0.3) is 0 Å². The van der Waals surface area contributed by atoms with Gasteiger partial charge in [0.05, 0.1) is 5.56 Å². The Morgan fingerprint density at radius 1 is 1.17 bits per heavy atom. The summed E-state index contributed by atoms with van der Waals surface area (Å²) >= 11 is 0. The van der Waals surface area contributed by atoms with Gasteiger partial charge in [-0.1, -0.05) is 35.9 Å². The first-order chi connectivity index (χ1) is 11.2. The zero-order valence-corrected chi connectivity index (χ0v) is 13.1. The van der Waals surface area contributed by atoms with Crippen molar-refractivity contribution in [3.63, 3.8) is 0 Å². The quantitative estimate of drug-likeness (QED) is 0.867. The number of carbonyl (C=O) groups is 1. The molecular weight excluding hydrogens is 290 g/mol. The highest BCUT2D eigenvalue weighted by molar-refractivity contribution is 5.98. The number of aryl methyl sites for hydroxylation is 1. The minimum Gasteiger partial charge on any atom is -0.454 e. The van der Waals surface area contributed by atoms with Crippen LogP contribution in [0.4, 0.5) is 0 Å². The van der Waals surface area contributed by atoms with Gasteiger partial charge in [0.1, 0.15) is 0 Å². The molecule has 2 aromatic rings. The normalized spacial score (nSPS) is 15.5. The molecule has 1 aliphatic carbocycles. The average molecular weight is 309 g/mol. The fraction of sp³-hybridized carbons (Fsp3) is 0.316. The summed E-state index contributed by atoms with van der Waals surface area (Å²) in [6, 6.07) is 14.2. The van der Waals surface area contributed by atoms with Crippen molar-refractivity contribution in [3.8, 4) is 11.5 Å². The Morgan fingerprint density at radius 2 is 2.00 bits per heavy atom. The Labute approximate surface area is 135 Å². The van der Waals surface area contributed by atoms with Gasteiger partial charge in [0, 0.05) is 12.6 Å². The summed E-state index contributed by atoms with van der Waals surface area (Å²) in [7, 11) is 0. The van der Waals surface area contributed by atoms with E-state index in [1.54, 1.807) is 0 Å². The van der Waals surface area contributed by atoms with Gasteiger partial charge in [0.2, 0.25) is 6.79 Å². The number of nitrogens with zero attached hydrogens (tertiary/aromatic N) is 1. The zero-order chi connectivity index (χ0) is 15.8. The van der Waals surface area contributed by atoms with Crippen molar-refractivity contribution >= 4 is 5.91 Å². The van der Waals surface area contributed by atoms with Gasteiger partial charge in [0.25, 0.3) is 5.91 Å². The standard InChI is InChI=1S/C19H19NO3/c1-13-4-2-5-14(10-13)11-20(15-8-9-15)19(21)16-6-3-7-17-18(16)23-12-22-17/h2-7,10,15H,8-9,11-12H2,1H3. The van der Waals surface area contributed by atoms with Crippen LogP contribution in [0.1, 0.15) is 34.3 Å². The van der Waals surface area contributed by atoms with E-state index in [-0.39, 0.29) is 12.7 Å². The molecule has 0 aromatic heterocycles. The number of hydrogen-bond acceptors (Lipinski definition) is 3. The van der Waals surface area contributed by atoms with Gasteiger partial charge in [-0.2, -0.15) is 0 Å². The van der Waals surface area contributed by atoms with Crippen LogP contribution in [-0.4, -0.2) is 23.6 Å². The molecule has 0 saturated heterocycles. The number of benzene rings is 2. The smallest absolute Gasteiger partial charge is 0.258 e. The number of hydrogen-bond donors (Lipinski definition) is 0. The molecule has 0 bridgehead atoms. The lowest BCUT2D eigenvalue weighted by molar-refractivity contribution is 0.0725. The van der Waals surface area contributed by atoms with E-state index in [0.717, 1.165) is 18.4 Å². The summed E-state index contributed by atoms with van der Waals surface area (Å²) < 4.78 is 10.9. The first-order valence-corrected chi connectivity index (χ1v) is 7.97. The van der Waals surface area contributed by atoms with E-state index in [0.29, 0.717) is 29.6 Å². The first-order valence-electron chi connectivity index (χ1n) is 7.97. The molecular formula is C19H19NO3. The van der Waals surface area contributed by atoms with E-state index < -0.39 is 0 Å². The lowest BCUT2D eigenvalue weighted by atomic mass is 10.1. The SMILES string of the molecule is Cc1cccc(CN(C(=O)c2cccc3c2OCO3)C2CC2)c1. The highest BCUT2D eigenvalue weighted by Crippen LogP contribution is 2.38. The van der Waals surface area contributed by atoms with Crippen molar-refractivity contribution < 1.29 is 14.3 Å². The molecule has 1 aliphatic heterocycles. The van der Waals surface area contributed by atoms with E-state index in [9.17, 15) is 4.79 Å². The Morgan fingerprint density at radius 3 is 2.78 bits per heavy atom. The third kappa shape index (κ3) is 2.77. The minimum absolute atomic E-state index is 0.0244. The van der Waals surface area contributed by atoms with Crippen molar-refractivity contribution in [2.45, 2.75) is 32.4 Å². The molecule has 1 saturated carbocycles. The monoisotopic (exact) mass is 309 g/mol. The number of carbonyl (C=O) groups excluding carboxylic acids is 1. The molecule has 1 fully saturated rings. The molecule has 23 heavy (non-hydrogen) atoms. The Balaban J connectivity index is 1.63. The topological polar surface area (TPSA) is 38.8 Å². The molecule has 2 aromatic carbocycles. The third-order valence-corrected chi connectivity index (χ3v) is 4.31. The lowest BCUT2D eigenvalue weighted by Gasteiger charge is -2.23. The maximum absolute atomic E-state index is 13.1. The van der Waals surface area contributed by atoms with Crippen molar-refractivity contribution in [1.82, 2.24) is 4.90 Å². The fourth-order valence-electron chi connectivity index (χ4n) is 3.01. The van der Waals surface area contributed by atoms with Crippen LogP contribution in [0.3, 0.4) is 0 Å². The Hall–Kier alpha value is -2.49. The summed E-state index contributed by atoms with van der Waals surface area (Å²) in [5.74, 6) is 1.26. The summed E-state index contributed by atoms with van der Waals surface area (Å²) in [5, 5.41) is 0. The summed E-state index contributed by atoms with van der Waals surface area (Å²) in [6.07, 6.45) is 2.15. The van der Waals surface area contributed by atoms with E-state index in [1.807, 2.05) is 29.2 Å². The molecule has 0 spiro atoms. The molecule has 1 amide bonds. The number of para-hydroxylation sites is 1. The number of ether oxygens (including phenoxy) is 2. The maximum Gasteiger partial charge on any atom is 0.258 e. The second-order valence-electron chi connectivity index (χ2n) is 6.19. The Bertz CT molecular complexity index is 752. The lowest BCUT2D eigenvalue weighted by Crippen LogP contribution is -2.32. The van der Waals surface area contributed by atoms with Gasteiger partial charge in [0.15, 0.2) is 11.5 Å². The van der Waals surface area contributed by atoms with Crippen molar-refractivity contribution in [2.24, 2.45) is 0 Å². The van der Waals surface area contributed by atoms with Crippen LogP contribution in [0, 0.1) is 6.92 Å². The van der Waals surface area contributed by atoms with Crippen LogP contribution in [0.2, 0.25) is 0 Å². The Kier molecular flexibility index (Phi) is 3.45. The summed E-state index contributed by atoms with van der Waals surface area (Å²) in [5.41, 5.74) is 2.97. The third-order valence-electron chi connectivity index (χ3n) is 4.31. The van der Waals surface area contributed by atoms with Crippen LogP contribution in [0.15, 0.2) is 42.5 Å². The minimum atomic E-state index is 0.0244. The number of rotatable bonds is 4. The maximum atomic E-state index is 13.1. The van der Waals surface area contributed by atoms with Crippen LogP contribution in [-0.2, 0) is 6.54 Å². The second kappa shape index (κ2) is 5.61. The van der Waals surface area contributed by atoms with Gasteiger partial charge >= 0.3 is 0 Å². The largest absolute Gasteiger partial charge is 0.454 e. The number of amides is 1. The summed E-state index contributed by atoms with van der Waals surface area (Å²) in [6.45, 7) is 2.89. The average Bonchev–Trinajstić information content (AvgIpc) is 3.28. The van der Waals surface area contributed by atoms with E-state index in [1.165, 1.54) is 5.56 Å². The highest BCUT2D eigenvalue weighted by Gasteiger charge is 2.35. The molecule has 4 heteroatoms. The van der Waals surface area contributed by atoms with Gasteiger partial charge in [-0.25, -0.2) is 0 Å². The predicted octanol–water partition coefficient (Wildman–Crippen LogP) is 3.53. The van der Waals surface area contributed by atoms with Crippen LogP contribution in [0.5, 0.6) is 11.5 Å². The van der Waals surface area contributed by atoms with Crippen molar-refractivity contribution in [2.75, 3.05) is 6.79 Å². The second-order valence-corrected chi connectivity index (χ2v) is 6.19. The molecule has 4 rings (SSSR count). The van der Waals surface area contributed by atoms with Crippen molar-refractivity contribution in [1.29, 1.82) is 0 Å². The molecule has 118 valence electrons. The molecule has 2 aliphatic rings. The van der Waals surface area contributed by atoms with E-state index in [4.69, 9.17) is 9.47 Å². The van der Waals surface area contributed by atoms with Gasteiger partial charge in [-0.05, 0) is 37.5 Å². The zero-order valence-electron chi connectivity index (χ0n) is 13.1. The molecule has 0 radical (unpaired) electrons. The van der Waals surface area contributed by atoms with E-state index >= 15 is 0 Å². The first kappa shape index (κ1) is 14.1. The van der Waals surface area contributed by atoms with Gasteiger partial charge in [-0.15, -0.1) is 0 Å². The summed E-state index contributed by atoms with van der Waals surface area (Å²) in [4.78, 5) is 15.0. The molecule has 1 heterocycles. The molecule has 4 nitrogen and oxygen atoms in total.